The second kappa shape index (κ2) is 7.36. The van der Waals surface area contributed by atoms with E-state index in [0.29, 0.717) is 17.2 Å². The van der Waals surface area contributed by atoms with E-state index in [-0.39, 0.29) is 10.8 Å². The Bertz CT molecular complexity index is 1250. The minimum Gasteiger partial charge on any atom is -0.326 e. The normalized spacial score (nSPS) is 11.3. The molecule has 1 amide bonds. The molecule has 2 aromatic heterocycles. The number of fused-ring (bicyclic) bond motifs is 1. The van der Waals surface area contributed by atoms with E-state index in [9.17, 15) is 13.2 Å². The molecule has 0 aliphatic rings. The molecule has 2 aromatic carbocycles. The van der Waals surface area contributed by atoms with Crippen molar-refractivity contribution in [3.63, 3.8) is 0 Å². The zero-order chi connectivity index (χ0) is 20.4. The number of nitrogens with one attached hydrogen (secondary N) is 2. The van der Waals surface area contributed by atoms with Crippen molar-refractivity contribution in [2.24, 2.45) is 0 Å². The van der Waals surface area contributed by atoms with Crippen molar-refractivity contribution in [2.75, 3.05) is 10.0 Å². The van der Waals surface area contributed by atoms with Crippen LogP contribution < -0.4 is 10.0 Å². The Hall–Kier alpha value is -3.72. The minimum absolute atomic E-state index is 0.0992. The number of sulfonamides is 1. The predicted molar refractivity (Wildman–Crippen MR) is 110 cm³/mol. The lowest BCUT2D eigenvalue weighted by molar-refractivity contribution is -0.114. The molecular formula is C20H17N5O3S. The van der Waals surface area contributed by atoms with Gasteiger partial charge in [0.1, 0.15) is 0 Å². The quantitative estimate of drug-likeness (QED) is 0.529. The van der Waals surface area contributed by atoms with Crippen LogP contribution in [-0.4, -0.2) is 28.7 Å². The molecule has 0 saturated heterocycles. The molecule has 0 atom stereocenters. The van der Waals surface area contributed by atoms with Gasteiger partial charge in [-0.1, -0.05) is 12.1 Å². The SMILES string of the molecule is CC(=O)Nc1ccc(S(=O)(=O)Nc2ccc(-c3cn4cccnc4n3)cc2)cc1. The van der Waals surface area contributed by atoms with Crippen LogP contribution in [0.5, 0.6) is 0 Å². The maximum atomic E-state index is 12.6. The summed E-state index contributed by atoms with van der Waals surface area (Å²) in [7, 11) is -3.75. The summed E-state index contributed by atoms with van der Waals surface area (Å²) in [6, 6.07) is 14.7. The molecule has 4 rings (SSSR count). The topological polar surface area (TPSA) is 105 Å². The van der Waals surface area contributed by atoms with Gasteiger partial charge in [-0.2, -0.15) is 0 Å². The molecule has 9 heteroatoms. The standard InChI is InChI=1S/C20H17N5O3S/c1-14(26)22-16-7-9-18(10-8-16)29(27,28)24-17-5-3-15(4-6-17)19-13-25-12-2-11-21-20(25)23-19/h2-13,24H,1H3,(H,22,26). The summed E-state index contributed by atoms with van der Waals surface area (Å²) in [6.07, 6.45) is 5.39. The molecule has 2 heterocycles. The van der Waals surface area contributed by atoms with E-state index in [4.69, 9.17) is 0 Å². The molecule has 0 radical (unpaired) electrons. The Morgan fingerprint density at radius 1 is 1.00 bits per heavy atom. The van der Waals surface area contributed by atoms with Crippen LogP contribution >= 0.6 is 0 Å². The number of imidazole rings is 1. The summed E-state index contributed by atoms with van der Waals surface area (Å²) in [6.45, 7) is 1.39. The Morgan fingerprint density at radius 3 is 2.34 bits per heavy atom. The summed E-state index contributed by atoms with van der Waals surface area (Å²) in [5, 5.41) is 2.60. The van der Waals surface area contributed by atoms with E-state index < -0.39 is 10.0 Å². The highest BCUT2D eigenvalue weighted by molar-refractivity contribution is 7.92. The number of benzene rings is 2. The fraction of sp³-hybridized carbons (Fsp3) is 0.0500. The first-order chi connectivity index (χ1) is 13.9. The van der Waals surface area contributed by atoms with Crippen LogP contribution in [0.1, 0.15) is 6.92 Å². The zero-order valence-electron chi connectivity index (χ0n) is 15.4. The first-order valence-corrected chi connectivity index (χ1v) is 10.2. The monoisotopic (exact) mass is 407 g/mol. The number of amides is 1. The van der Waals surface area contributed by atoms with Gasteiger partial charge < -0.3 is 5.32 Å². The fourth-order valence-corrected chi connectivity index (χ4v) is 3.87. The largest absolute Gasteiger partial charge is 0.326 e. The van der Waals surface area contributed by atoms with Gasteiger partial charge in [0.05, 0.1) is 10.6 Å². The summed E-state index contributed by atoms with van der Waals surface area (Å²) in [4.78, 5) is 19.8. The number of carbonyl (C=O) groups excluding carboxylic acids is 1. The Balaban J connectivity index is 1.52. The number of rotatable bonds is 5. The van der Waals surface area contributed by atoms with E-state index in [1.807, 2.05) is 22.9 Å². The second-order valence-corrected chi connectivity index (χ2v) is 8.02. The number of aromatic nitrogens is 3. The van der Waals surface area contributed by atoms with E-state index >= 15 is 0 Å². The molecule has 0 aliphatic heterocycles. The fourth-order valence-electron chi connectivity index (χ4n) is 2.81. The Morgan fingerprint density at radius 2 is 1.69 bits per heavy atom. The van der Waals surface area contributed by atoms with Crippen molar-refractivity contribution in [2.45, 2.75) is 11.8 Å². The molecule has 4 aromatic rings. The minimum atomic E-state index is -3.75. The van der Waals surface area contributed by atoms with Crippen LogP contribution in [0.15, 0.2) is 78.1 Å². The lowest BCUT2D eigenvalue weighted by Crippen LogP contribution is -2.13. The average molecular weight is 407 g/mol. The van der Waals surface area contributed by atoms with Crippen molar-refractivity contribution in [1.29, 1.82) is 0 Å². The summed E-state index contributed by atoms with van der Waals surface area (Å²) in [5.74, 6) is 0.371. The highest BCUT2D eigenvalue weighted by atomic mass is 32.2. The van der Waals surface area contributed by atoms with Crippen LogP contribution in [0.25, 0.3) is 17.0 Å². The second-order valence-electron chi connectivity index (χ2n) is 6.34. The van der Waals surface area contributed by atoms with Gasteiger partial charge in [0.25, 0.3) is 10.0 Å². The van der Waals surface area contributed by atoms with E-state index in [0.717, 1.165) is 11.3 Å². The number of hydrogen-bond donors (Lipinski definition) is 2. The molecule has 0 aliphatic carbocycles. The number of nitrogens with zero attached hydrogens (tertiary/aromatic N) is 3. The lowest BCUT2D eigenvalue weighted by Gasteiger charge is -2.09. The van der Waals surface area contributed by atoms with Crippen molar-refractivity contribution in [3.05, 3.63) is 73.2 Å². The summed E-state index contributed by atoms with van der Waals surface area (Å²) in [5.41, 5.74) is 2.55. The molecule has 0 unspecified atom stereocenters. The smallest absolute Gasteiger partial charge is 0.261 e. The van der Waals surface area contributed by atoms with Gasteiger partial charge in [-0.3, -0.25) is 13.9 Å². The molecule has 0 bridgehead atoms. The van der Waals surface area contributed by atoms with Gasteiger partial charge in [0.2, 0.25) is 11.7 Å². The molecule has 146 valence electrons. The highest BCUT2D eigenvalue weighted by Crippen LogP contribution is 2.23. The maximum absolute atomic E-state index is 12.6. The van der Waals surface area contributed by atoms with E-state index in [1.54, 1.807) is 30.5 Å². The predicted octanol–water partition coefficient (Wildman–Crippen LogP) is 3.16. The van der Waals surface area contributed by atoms with Crippen molar-refractivity contribution in [3.8, 4) is 11.3 Å². The summed E-state index contributed by atoms with van der Waals surface area (Å²) >= 11 is 0. The molecule has 0 fully saturated rings. The van der Waals surface area contributed by atoms with Gasteiger partial charge in [-0.15, -0.1) is 0 Å². The molecule has 2 N–H and O–H groups in total. The number of anilines is 2. The molecule has 0 saturated carbocycles. The first-order valence-electron chi connectivity index (χ1n) is 8.71. The van der Waals surface area contributed by atoms with Crippen molar-refractivity contribution < 1.29 is 13.2 Å². The van der Waals surface area contributed by atoms with Crippen LogP contribution in [-0.2, 0) is 14.8 Å². The molecule has 0 spiro atoms. The van der Waals surface area contributed by atoms with Crippen molar-refractivity contribution in [1.82, 2.24) is 14.4 Å². The number of carbonyl (C=O) groups is 1. The first kappa shape index (κ1) is 18.6. The Kier molecular flexibility index (Phi) is 4.73. The van der Waals surface area contributed by atoms with Gasteiger partial charge >= 0.3 is 0 Å². The zero-order valence-corrected chi connectivity index (χ0v) is 16.2. The third kappa shape index (κ3) is 4.09. The van der Waals surface area contributed by atoms with Gasteiger partial charge in [0.15, 0.2) is 0 Å². The lowest BCUT2D eigenvalue weighted by atomic mass is 10.1. The third-order valence-electron chi connectivity index (χ3n) is 4.15. The van der Waals surface area contributed by atoms with Crippen LogP contribution in [0, 0.1) is 0 Å². The van der Waals surface area contributed by atoms with E-state index in [1.165, 1.54) is 31.2 Å². The Labute approximate surface area is 167 Å². The maximum Gasteiger partial charge on any atom is 0.261 e. The van der Waals surface area contributed by atoms with Crippen LogP contribution in [0.3, 0.4) is 0 Å². The highest BCUT2D eigenvalue weighted by Gasteiger charge is 2.14. The van der Waals surface area contributed by atoms with E-state index in [2.05, 4.69) is 20.0 Å². The van der Waals surface area contributed by atoms with Gasteiger partial charge in [-0.05, 0) is 42.5 Å². The molecule has 29 heavy (non-hydrogen) atoms. The van der Waals surface area contributed by atoms with Crippen molar-refractivity contribution >= 4 is 33.1 Å². The summed E-state index contributed by atoms with van der Waals surface area (Å²) < 4.78 is 29.5. The van der Waals surface area contributed by atoms with Gasteiger partial charge in [0, 0.05) is 42.5 Å². The average Bonchev–Trinajstić information content (AvgIpc) is 3.12. The molecule has 8 nitrogen and oxygen atoms in total. The van der Waals surface area contributed by atoms with Crippen LogP contribution in [0.2, 0.25) is 0 Å². The van der Waals surface area contributed by atoms with Gasteiger partial charge in [-0.25, -0.2) is 18.4 Å². The third-order valence-corrected chi connectivity index (χ3v) is 5.55. The molecular weight excluding hydrogens is 390 g/mol. The van der Waals surface area contributed by atoms with Crippen LogP contribution in [0.4, 0.5) is 11.4 Å². The number of hydrogen-bond acceptors (Lipinski definition) is 5.